The van der Waals surface area contributed by atoms with E-state index >= 15 is 0 Å². The second-order valence-corrected chi connectivity index (χ2v) is 9.67. The molecule has 0 atom stereocenters. The number of hydrogen-bond donors (Lipinski definition) is 2. The Balaban J connectivity index is 0. The summed E-state index contributed by atoms with van der Waals surface area (Å²) in [4.78, 5) is 11.8. The van der Waals surface area contributed by atoms with E-state index in [4.69, 9.17) is 4.55 Å². The van der Waals surface area contributed by atoms with Crippen LogP contribution in [-0.2, 0) is 14.9 Å². The van der Waals surface area contributed by atoms with Crippen molar-refractivity contribution in [2.24, 2.45) is 0 Å². The number of unbranched alkanes of at least 4 members (excludes halogenated alkanes) is 7. The minimum atomic E-state index is -4.09. The van der Waals surface area contributed by atoms with Crippen LogP contribution in [0.5, 0.6) is 0 Å². The van der Waals surface area contributed by atoms with Crippen molar-refractivity contribution < 1.29 is 17.8 Å². The first-order chi connectivity index (χ1) is 11.2. The molecule has 0 aliphatic rings. The molecule has 0 radical (unpaired) electrons. The van der Waals surface area contributed by atoms with Crippen LogP contribution in [0.15, 0.2) is 0 Å². The van der Waals surface area contributed by atoms with Crippen LogP contribution in [0.3, 0.4) is 0 Å². The molecule has 5 nitrogen and oxygen atoms in total. The molecule has 0 aliphatic heterocycles. The second kappa shape index (κ2) is 16.3. The molecule has 0 aliphatic carbocycles. The first-order valence-corrected chi connectivity index (χ1v) is 11.8. The van der Waals surface area contributed by atoms with Gasteiger partial charge in [0, 0.05) is 12.2 Å². The van der Waals surface area contributed by atoms with Crippen molar-refractivity contribution in [3.05, 3.63) is 0 Å². The molecule has 0 unspecified atom stereocenters. The number of rotatable bonds is 15. The predicted molar refractivity (Wildman–Crippen MR) is 110 cm³/mol. The Morgan fingerprint density at radius 2 is 1.52 bits per heavy atom. The van der Waals surface area contributed by atoms with Crippen LogP contribution in [0.1, 0.15) is 78.6 Å². The van der Waals surface area contributed by atoms with Gasteiger partial charge in [0.05, 0.1) is 11.3 Å². The molecule has 1 amide bonds. The topological polar surface area (TPSA) is 83.5 Å². The summed E-state index contributed by atoms with van der Waals surface area (Å²) in [5.74, 6) is 1.16. The molecule has 0 bridgehead atoms. The fraction of sp³-hybridized carbons (Fsp3) is 0.941. The van der Waals surface area contributed by atoms with E-state index in [-0.39, 0.29) is 57.3 Å². The van der Waals surface area contributed by atoms with Gasteiger partial charge in [0.1, 0.15) is 0 Å². The Labute approximate surface area is 201 Å². The monoisotopic (exact) mass is 421 g/mol. The van der Waals surface area contributed by atoms with Crippen molar-refractivity contribution in [1.82, 2.24) is 5.32 Å². The van der Waals surface area contributed by atoms with Crippen LogP contribution < -0.4 is 5.32 Å². The van der Waals surface area contributed by atoms with Crippen molar-refractivity contribution in [3.63, 3.8) is 0 Å². The standard InChI is InChI=1S/C17H35NO4S2.K.H/c1-4-5-6-7-8-9-10-11-13-23-14-12-16(19)18-17(2,3)15-24(20,21)22;;/h4-15H2,1-3H3,(H,18,19)(H,20,21,22);;. The van der Waals surface area contributed by atoms with Crippen LogP contribution in [0.4, 0.5) is 0 Å². The summed E-state index contributed by atoms with van der Waals surface area (Å²) in [7, 11) is -4.09. The third-order valence-electron chi connectivity index (χ3n) is 3.64. The second-order valence-electron chi connectivity index (χ2n) is 7.00. The van der Waals surface area contributed by atoms with Gasteiger partial charge in [-0.25, -0.2) is 0 Å². The van der Waals surface area contributed by atoms with Gasteiger partial charge >= 0.3 is 51.4 Å². The molecule has 2 N–H and O–H groups in total. The molecule has 0 aromatic rings. The zero-order valence-electron chi connectivity index (χ0n) is 15.5. The number of thioether (sulfide) groups is 1. The van der Waals surface area contributed by atoms with Crippen LogP contribution >= 0.6 is 11.8 Å². The summed E-state index contributed by atoms with van der Waals surface area (Å²) in [6, 6.07) is 0. The van der Waals surface area contributed by atoms with Crippen molar-refractivity contribution in [1.29, 1.82) is 0 Å². The van der Waals surface area contributed by atoms with E-state index in [9.17, 15) is 13.2 Å². The van der Waals surface area contributed by atoms with Gasteiger partial charge in [0.25, 0.3) is 10.1 Å². The average molecular weight is 422 g/mol. The minimum absolute atomic E-state index is 0. The third-order valence-corrected chi connectivity index (χ3v) is 5.79. The van der Waals surface area contributed by atoms with Crippen LogP contribution in [0, 0.1) is 0 Å². The van der Waals surface area contributed by atoms with Gasteiger partial charge in [0.15, 0.2) is 0 Å². The summed E-state index contributed by atoms with van der Waals surface area (Å²) in [6.45, 7) is 5.41. The van der Waals surface area contributed by atoms with Gasteiger partial charge in [-0.3, -0.25) is 9.35 Å². The number of carbonyl (C=O) groups is 1. The molecule has 0 rings (SSSR count). The first kappa shape index (κ1) is 28.6. The first-order valence-electron chi connectivity index (χ1n) is 9.00. The van der Waals surface area contributed by atoms with Crippen molar-refractivity contribution in [2.75, 3.05) is 17.3 Å². The molecule has 8 heteroatoms. The molecule has 0 spiro atoms. The van der Waals surface area contributed by atoms with E-state index in [1.165, 1.54) is 51.4 Å². The zero-order chi connectivity index (χ0) is 18.5. The molecule has 0 saturated carbocycles. The van der Waals surface area contributed by atoms with Gasteiger partial charge in [-0.1, -0.05) is 51.9 Å². The fourth-order valence-electron chi connectivity index (χ4n) is 2.54. The maximum absolute atomic E-state index is 11.8. The fourth-order valence-corrected chi connectivity index (χ4v) is 4.46. The van der Waals surface area contributed by atoms with E-state index < -0.39 is 21.4 Å². The normalized spacial score (nSPS) is 11.8. The molecular weight excluding hydrogens is 385 g/mol. The SMILES string of the molecule is CCCCCCCCCCSCCC(=O)NC(C)(C)CS(=O)(=O)O.[KH]. The van der Waals surface area contributed by atoms with Crippen LogP contribution in [-0.4, -0.2) is 93.1 Å². The molecule has 146 valence electrons. The van der Waals surface area contributed by atoms with E-state index in [1.54, 1.807) is 25.6 Å². The zero-order valence-corrected chi connectivity index (χ0v) is 17.1. The van der Waals surface area contributed by atoms with Crippen molar-refractivity contribution >= 4 is 79.2 Å². The Bertz CT molecular complexity index is 442. The van der Waals surface area contributed by atoms with Gasteiger partial charge in [0.2, 0.25) is 5.91 Å². The van der Waals surface area contributed by atoms with Gasteiger partial charge < -0.3 is 5.32 Å². The number of carbonyl (C=O) groups excluding carboxylic acids is 1. The Kier molecular flexibility index (Phi) is 18.7. The maximum atomic E-state index is 11.8. The average Bonchev–Trinajstić information content (AvgIpc) is 2.41. The summed E-state index contributed by atoms with van der Waals surface area (Å²) in [6.07, 6.45) is 10.8. The summed E-state index contributed by atoms with van der Waals surface area (Å²) >= 11 is 1.76. The number of nitrogens with one attached hydrogen (secondary N) is 1. The van der Waals surface area contributed by atoms with Gasteiger partial charge in [-0.2, -0.15) is 20.2 Å². The molecule has 0 aromatic carbocycles. The molecule has 0 saturated heterocycles. The quantitative estimate of drug-likeness (QED) is 0.241. The summed E-state index contributed by atoms with van der Waals surface area (Å²) < 4.78 is 30.6. The predicted octanol–water partition coefficient (Wildman–Crippen LogP) is 3.38. The van der Waals surface area contributed by atoms with E-state index in [0.29, 0.717) is 6.42 Å². The molecule has 0 heterocycles. The number of hydrogen-bond acceptors (Lipinski definition) is 4. The van der Waals surface area contributed by atoms with E-state index in [0.717, 1.165) is 11.5 Å². The van der Waals surface area contributed by atoms with Crippen LogP contribution in [0.2, 0.25) is 0 Å². The molecule has 25 heavy (non-hydrogen) atoms. The van der Waals surface area contributed by atoms with E-state index in [2.05, 4.69) is 12.2 Å². The van der Waals surface area contributed by atoms with Crippen LogP contribution in [0.25, 0.3) is 0 Å². The molecule has 0 fully saturated rings. The summed E-state index contributed by atoms with van der Waals surface area (Å²) in [5, 5.41) is 2.66. The summed E-state index contributed by atoms with van der Waals surface area (Å²) in [5.41, 5.74) is -0.951. The van der Waals surface area contributed by atoms with Gasteiger partial charge in [-0.05, 0) is 26.0 Å². The van der Waals surface area contributed by atoms with Crippen molar-refractivity contribution in [2.45, 2.75) is 84.1 Å². The molecular formula is C17H36KNO4S2. The van der Waals surface area contributed by atoms with Gasteiger partial charge in [-0.15, -0.1) is 0 Å². The Hall–Kier alpha value is 1.37. The molecule has 0 aromatic heterocycles. The Morgan fingerprint density at radius 1 is 1.00 bits per heavy atom. The third kappa shape index (κ3) is 21.5. The number of amides is 1. The van der Waals surface area contributed by atoms with Crippen molar-refractivity contribution in [3.8, 4) is 0 Å². The van der Waals surface area contributed by atoms with E-state index in [1.807, 2.05) is 0 Å². The Morgan fingerprint density at radius 3 is 2.04 bits per heavy atom.